The third-order valence-corrected chi connectivity index (χ3v) is 23.5. The third kappa shape index (κ3) is 11.2. The number of rotatable bonds is 16. The Morgan fingerprint density at radius 2 is 0.593 bits per heavy atom. The van der Waals surface area contributed by atoms with E-state index >= 15 is 43.9 Å². The van der Waals surface area contributed by atoms with Gasteiger partial charge in [-0.05, 0) is 270 Å². The molecule has 14 aromatic rings. The van der Waals surface area contributed by atoms with E-state index in [9.17, 15) is 0 Å². The van der Waals surface area contributed by atoms with Gasteiger partial charge in [0.1, 0.15) is 34.6 Å². The molecular formula is C99H68F10N2O2. The second-order valence-electron chi connectivity index (χ2n) is 30.8. The zero-order valence-corrected chi connectivity index (χ0v) is 61.5. The average molecular weight is 1510 g/mol. The SMILES string of the molecule is C=Cc1ccc(Oc2ccc(C3(c4cc(F)c(F)c(F)c4F)c4ccccc4-c4ccc(N(c5ccc(F)cc5)c5ccc6c(c5)C5(CC6(C)C)CC(C)(C)c6ccc(N(c7ccc(F)cc7)c7ccc8c(c7)C(c7ccc(Oc9ccc(C=C)cc9)cc7)(c7cc(F)c(F)c(F)c7F)c7ccccc7-8)cc65)cc43)cc2)cc1. The standard InChI is InChI=1S/C99H68F10N2O2/c1-7-57-17-37-69(38-18-57)112-71-41-21-59(22-42-71)98(85-53-87(102)91(106)93(108)89(85)104)77-15-11-9-13-73(77)75-45-33-65(49-81(75)98)110(63-29-25-61(100)26-30-63)67-35-47-79-83(51-67)97(55-95(79,3)4)56-96(5,6)80-48-36-68(52-84(80)97)111(64-31-27-62(101)28-32-64)66-34-46-76-74-14-10-12-16-78(74)99(82(76)50-66,86-54-88(103)92(107)94(109)90(86)105)60-23-43-72(44-24-60)113-70-39-19-58(8-2)20-40-70/h7-54H,1-2,55-56H2,3-6H3. The van der Waals surface area contributed by atoms with Crippen molar-refractivity contribution in [3.63, 3.8) is 0 Å². The van der Waals surface area contributed by atoms with Crippen molar-refractivity contribution >= 4 is 46.3 Å². The van der Waals surface area contributed by atoms with Crippen LogP contribution in [0.3, 0.4) is 0 Å². The molecular weight excluding hydrogens is 1440 g/mol. The minimum absolute atomic E-state index is 0.373. The Kier molecular flexibility index (Phi) is 16.9. The summed E-state index contributed by atoms with van der Waals surface area (Å²) in [5.41, 5.74) is 7.67. The molecule has 2 atom stereocenters. The molecule has 0 bridgehead atoms. The maximum absolute atomic E-state index is 17.5. The molecule has 4 aliphatic carbocycles. The summed E-state index contributed by atoms with van der Waals surface area (Å²) in [4.78, 5) is 3.94. The van der Waals surface area contributed by atoms with Gasteiger partial charge < -0.3 is 19.3 Å². The first-order valence-corrected chi connectivity index (χ1v) is 37.0. The molecule has 0 amide bonds. The molecule has 0 aliphatic heterocycles. The van der Waals surface area contributed by atoms with Crippen molar-refractivity contribution in [1.82, 2.24) is 0 Å². The number of anilines is 6. The number of nitrogens with zero attached hydrogens (tertiary/aromatic N) is 2. The van der Waals surface area contributed by atoms with Gasteiger partial charge in [0, 0.05) is 50.7 Å². The summed E-state index contributed by atoms with van der Waals surface area (Å²) >= 11 is 0. The van der Waals surface area contributed by atoms with Gasteiger partial charge in [-0.25, -0.2) is 43.9 Å². The van der Waals surface area contributed by atoms with Crippen LogP contribution in [0.25, 0.3) is 34.4 Å². The summed E-state index contributed by atoms with van der Waals surface area (Å²) < 4.78 is 174. The highest BCUT2D eigenvalue weighted by molar-refractivity contribution is 5.92. The highest BCUT2D eigenvalue weighted by atomic mass is 19.2. The number of ether oxygens (including phenoxy) is 2. The number of benzene rings is 14. The summed E-state index contributed by atoms with van der Waals surface area (Å²) in [6.07, 6.45) is 4.65. The van der Waals surface area contributed by atoms with Crippen molar-refractivity contribution in [2.75, 3.05) is 9.80 Å². The van der Waals surface area contributed by atoms with Crippen LogP contribution < -0.4 is 19.3 Å². The molecule has 0 radical (unpaired) electrons. The van der Waals surface area contributed by atoms with E-state index in [0.29, 0.717) is 126 Å². The fourth-order valence-corrected chi connectivity index (χ4v) is 18.9. The number of hydrogen-bond donors (Lipinski definition) is 0. The van der Waals surface area contributed by atoms with Crippen LogP contribution in [-0.4, -0.2) is 0 Å². The van der Waals surface area contributed by atoms with E-state index in [-0.39, 0.29) is 0 Å². The molecule has 4 nitrogen and oxygen atoms in total. The fourth-order valence-electron chi connectivity index (χ4n) is 18.9. The molecule has 0 fully saturated rings. The van der Waals surface area contributed by atoms with Crippen LogP contribution >= 0.6 is 0 Å². The van der Waals surface area contributed by atoms with Crippen molar-refractivity contribution in [3.8, 4) is 45.3 Å². The Balaban J connectivity index is 0.804. The summed E-state index contributed by atoms with van der Waals surface area (Å²) in [7, 11) is 0. The van der Waals surface area contributed by atoms with Crippen molar-refractivity contribution in [1.29, 1.82) is 0 Å². The molecule has 1 spiro atoms. The monoisotopic (exact) mass is 1510 g/mol. The molecule has 113 heavy (non-hydrogen) atoms. The lowest BCUT2D eigenvalue weighted by Gasteiger charge is -2.35. The van der Waals surface area contributed by atoms with Gasteiger partial charge >= 0.3 is 0 Å². The normalized spacial score (nSPS) is 17.5. The smallest absolute Gasteiger partial charge is 0.197 e. The highest BCUT2D eigenvalue weighted by Crippen LogP contribution is 2.66. The molecule has 0 saturated carbocycles. The van der Waals surface area contributed by atoms with Crippen molar-refractivity contribution in [2.45, 2.75) is 67.6 Å². The lowest BCUT2D eigenvalue weighted by Crippen LogP contribution is -2.31. The molecule has 556 valence electrons. The van der Waals surface area contributed by atoms with Crippen LogP contribution in [-0.2, 0) is 27.1 Å². The topological polar surface area (TPSA) is 24.9 Å². The van der Waals surface area contributed by atoms with Crippen LogP contribution in [0.15, 0.2) is 292 Å². The van der Waals surface area contributed by atoms with Gasteiger partial charge in [0.25, 0.3) is 0 Å². The Labute approximate surface area is 647 Å². The summed E-state index contributed by atoms with van der Waals surface area (Å²) in [5.74, 6) is -13.4. The molecule has 2 unspecified atom stereocenters. The quantitative estimate of drug-likeness (QED) is 0.0547. The summed E-state index contributed by atoms with van der Waals surface area (Å²) in [5, 5.41) is 0. The predicted molar refractivity (Wildman–Crippen MR) is 426 cm³/mol. The first kappa shape index (κ1) is 71.7. The van der Waals surface area contributed by atoms with Crippen LogP contribution in [0.5, 0.6) is 23.0 Å². The Morgan fingerprint density at radius 1 is 0.283 bits per heavy atom. The maximum Gasteiger partial charge on any atom is 0.197 e. The predicted octanol–water partition coefficient (Wildman–Crippen LogP) is 27.3. The first-order chi connectivity index (χ1) is 54.4. The number of fused-ring (bicyclic) bond motifs is 10. The van der Waals surface area contributed by atoms with Crippen molar-refractivity contribution < 1.29 is 53.4 Å². The molecule has 14 heteroatoms. The van der Waals surface area contributed by atoms with E-state index in [0.717, 1.165) is 45.5 Å². The van der Waals surface area contributed by atoms with E-state index < -0.39 is 96.4 Å². The molecule has 0 N–H and O–H groups in total. The molecule has 14 aromatic carbocycles. The second kappa shape index (κ2) is 26.6. The lowest BCUT2D eigenvalue weighted by molar-refractivity contribution is 0.349. The van der Waals surface area contributed by atoms with E-state index in [4.69, 9.17) is 9.47 Å². The number of hydrogen-bond acceptors (Lipinski definition) is 4. The van der Waals surface area contributed by atoms with Crippen LogP contribution in [0, 0.1) is 58.2 Å². The van der Waals surface area contributed by atoms with Gasteiger partial charge in [-0.15, -0.1) is 0 Å². The van der Waals surface area contributed by atoms with Crippen LogP contribution in [0.4, 0.5) is 78.0 Å². The molecule has 4 aliphatic rings. The Hall–Kier alpha value is -12.9. The van der Waals surface area contributed by atoms with Gasteiger partial charge in [0.2, 0.25) is 0 Å². The first-order valence-electron chi connectivity index (χ1n) is 37.0. The molecule has 0 heterocycles. The third-order valence-electron chi connectivity index (χ3n) is 23.5. The van der Waals surface area contributed by atoms with Gasteiger partial charge in [0.15, 0.2) is 46.5 Å². The molecule has 0 aromatic heterocycles. The van der Waals surface area contributed by atoms with E-state index in [1.807, 2.05) is 107 Å². The zero-order chi connectivity index (χ0) is 78.4. The van der Waals surface area contributed by atoms with Gasteiger partial charge in [-0.2, -0.15) is 0 Å². The minimum Gasteiger partial charge on any atom is -0.457 e. The fraction of sp³-hybridized carbons (Fsp3) is 0.111. The van der Waals surface area contributed by atoms with E-state index in [1.165, 1.54) is 24.3 Å². The Bertz CT molecular complexity index is 5860. The Morgan fingerprint density at radius 3 is 0.947 bits per heavy atom. The maximum atomic E-state index is 17.5. The largest absolute Gasteiger partial charge is 0.457 e. The van der Waals surface area contributed by atoms with Crippen molar-refractivity contribution in [2.24, 2.45) is 0 Å². The second-order valence-corrected chi connectivity index (χ2v) is 30.8. The average Bonchev–Trinajstić information content (AvgIpc) is 1.55. The van der Waals surface area contributed by atoms with Crippen LogP contribution in [0.1, 0.15) is 118 Å². The minimum atomic E-state index is -1.98. The molecule has 0 saturated heterocycles. The zero-order valence-electron chi connectivity index (χ0n) is 61.5. The van der Waals surface area contributed by atoms with Gasteiger partial charge in [-0.1, -0.05) is 174 Å². The van der Waals surface area contributed by atoms with E-state index in [1.54, 1.807) is 133 Å². The van der Waals surface area contributed by atoms with Crippen LogP contribution in [0.2, 0.25) is 0 Å². The van der Waals surface area contributed by atoms with Gasteiger partial charge in [-0.3, -0.25) is 0 Å². The molecule has 18 rings (SSSR count). The van der Waals surface area contributed by atoms with Crippen molar-refractivity contribution in [3.05, 3.63) is 428 Å². The lowest BCUT2D eigenvalue weighted by atomic mass is 9.67. The van der Waals surface area contributed by atoms with Gasteiger partial charge in [0.05, 0.1) is 10.8 Å². The number of halogens is 10. The summed E-state index contributed by atoms with van der Waals surface area (Å²) in [6.45, 7) is 16.6. The van der Waals surface area contributed by atoms with E-state index in [2.05, 4.69) is 65.1 Å². The summed E-state index contributed by atoms with van der Waals surface area (Å²) in [6, 6.07) is 79.8. The highest BCUT2D eigenvalue weighted by Gasteiger charge is 2.57.